The topological polar surface area (TPSA) is 66.8 Å². The van der Waals surface area contributed by atoms with Gasteiger partial charge in [-0.25, -0.2) is 9.59 Å². The third-order valence-electron chi connectivity index (χ3n) is 0.513. The maximum atomic E-state index is 10.1. The maximum absolute atomic E-state index is 10.1. The minimum Gasteiger partial charge on any atom is -0.478 e. The summed E-state index contributed by atoms with van der Waals surface area (Å²) < 4.78 is 4.90. The van der Waals surface area contributed by atoms with Gasteiger partial charge in [0.25, 0.3) is 0 Å². The zero-order chi connectivity index (χ0) is 10.1. The van der Waals surface area contributed by atoms with Crippen LogP contribution in [-0.2, 0) is 9.53 Å². The summed E-state index contributed by atoms with van der Waals surface area (Å²) in [6.45, 7) is 2.96. The first-order chi connectivity index (χ1) is 5.45. The van der Waals surface area contributed by atoms with E-state index in [1.165, 1.54) is 7.11 Å². The molecule has 0 rings (SSSR count). The van der Waals surface area contributed by atoms with Crippen molar-refractivity contribution in [2.75, 3.05) is 7.11 Å². The fourth-order valence-corrected chi connectivity index (χ4v) is 0.245. The van der Waals surface area contributed by atoms with Crippen molar-refractivity contribution in [1.29, 1.82) is 0 Å². The summed E-state index contributed by atoms with van der Waals surface area (Å²) in [6.07, 6.45) is 0.242. The van der Waals surface area contributed by atoms with E-state index in [1.54, 1.807) is 0 Å². The van der Waals surface area contributed by atoms with Gasteiger partial charge >= 0.3 is 12.1 Å². The predicted octanol–water partition coefficient (Wildman–Crippen LogP) is 1.00. The predicted molar refractivity (Wildman–Crippen MR) is 50.0 cm³/mol. The number of carboxylic acids is 1. The number of carbonyl (C=O) groups is 2. The molecule has 0 aromatic rings. The Morgan fingerprint density at radius 1 is 1.58 bits per heavy atom. The van der Waals surface area contributed by atoms with Crippen LogP contribution in [0.5, 0.6) is 0 Å². The Hall–Kier alpha value is -0.820. The average Bonchev–Trinajstić information content (AvgIpc) is 2.04. The zero-order valence-corrected chi connectivity index (χ0v) is 8.09. The molecule has 0 heterocycles. The van der Waals surface area contributed by atoms with Crippen molar-refractivity contribution in [2.24, 2.45) is 0 Å². The highest BCUT2D eigenvalue weighted by Gasteiger charge is 2.00. The van der Waals surface area contributed by atoms with Gasteiger partial charge in [-0.15, -0.1) is 0 Å². The minimum atomic E-state index is -0.981. The Labute approximate surface area is 81.1 Å². The van der Waals surface area contributed by atoms with E-state index in [0.717, 1.165) is 9.79 Å². The monoisotopic (exact) mass is 211 g/mol. The van der Waals surface area contributed by atoms with Crippen molar-refractivity contribution < 1.29 is 19.4 Å². The van der Waals surface area contributed by atoms with Crippen molar-refractivity contribution >= 4 is 37.7 Å². The number of methoxy groups -OCH3 is 1. The SMILES string of the molecule is C=CC(=O)O.COC(=O)N(S)S. The number of carbonyl (C=O) groups excluding carboxylic acids is 1. The van der Waals surface area contributed by atoms with Crippen LogP contribution in [0.2, 0.25) is 0 Å². The summed E-state index contributed by atoms with van der Waals surface area (Å²) in [7, 11) is 1.25. The third-order valence-corrected chi connectivity index (χ3v) is 0.839. The van der Waals surface area contributed by atoms with Crippen LogP contribution in [0.3, 0.4) is 0 Å². The molecule has 0 saturated heterocycles. The third kappa shape index (κ3) is 11.9. The number of nitrogens with zero attached hydrogens (tertiary/aromatic N) is 1. The number of amides is 1. The van der Waals surface area contributed by atoms with Crippen molar-refractivity contribution in [3.05, 3.63) is 12.7 Å². The van der Waals surface area contributed by atoms with Crippen LogP contribution in [-0.4, -0.2) is 28.0 Å². The van der Waals surface area contributed by atoms with Gasteiger partial charge in [-0.1, -0.05) is 6.58 Å². The molecule has 5 nitrogen and oxygen atoms in total. The number of carboxylic acid groups (broad SMARTS) is 1. The Bertz CT molecular complexity index is 171. The molecule has 0 aliphatic heterocycles. The molecule has 0 fully saturated rings. The van der Waals surface area contributed by atoms with Crippen LogP contribution in [0.15, 0.2) is 12.7 Å². The summed E-state index contributed by atoms with van der Waals surface area (Å²) in [5.74, 6) is -0.981. The molecule has 0 radical (unpaired) electrons. The zero-order valence-electron chi connectivity index (χ0n) is 6.30. The van der Waals surface area contributed by atoms with Crippen LogP contribution < -0.4 is 0 Å². The highest BCUT2D eigenvalue weighted by molar-refractivity contribution is 7.94. The van der Waals surface area contributed by atoms with Gasteiger partial charge in [0.2, 0.25) is 0 Å². The Balaban J connectivity index is 0. The molecule has 70 valence electrons. The molecule has 0 spiro atoms. The summed E-state index contributed by atoms with van der Waals surface area (Å²) in [4.78, 5) is 19.3. The number of hydrogen-bond acceptors (Lipinski definition) is 5. The van der Waals surface area contributed by atoms with E-state index in [-0.39, 0.29) is 0 Å². The first kappa shape index (κ1) is 13.7. The molecule has 0 aliphatic rings. The van der Waals surface area contributed by atoms with Gasteiger partial charge in [0.15, 0.2) is 0 Å². The largest absolute Gasteiger partial charge is 0.478 e. The fraction of sp³-hybridized carbons (Fsp3) is 0.200. The van der Waals surface area contributed by atoms with E-state index in [1.807, 2.05) is 0 Å². The van der Waals surface area contributed by atoms with E-state index in [9.17, 15) is 9.59 Å². The van der Waals surface area contributed by atoms with Gasteiger partial charge in [-0.05, 0) is 25.6 Å². The number of aliphatic carboxylic acids is 1. The molecule has 1 N–H and O–H groups in total. The standard InChI is InChI=1S/C3H4O2.C2H5NO2S2/c1-2-3(4)5;1-5-2(4)3(6)7/h2H,1H2,(H,4,5);6-7H,1H3. The lowest BCUT2D eigenvalue weighted by atomic mass is 10.7. The lowest BCUT2D eigenvalue weighted by Crippen LogP contribution is -2.09. The van der Waals surface area contributed by atoms with Crippen LogP contribution in [0.25, 0.3) is 0 Å². The number of hydrogen-bond donors (Lipinski definition) is 3. The summed E-state index contributed by atoms with van der Waals surface area (Å²) in [5.41, 5.74) is 0. The number of thiol groups is 2. The number of ether oxygens (including phenoxy) is 1. The van der Waals surface area contributed by atoms with E-state index >= 15 is 0 Å². The molecule has 0 aromatic carbocycles. The second-order valence-electron chi connectivity index (χ2n) is 1.30. The quantitative estimate of drug-likeness (QED) is 0.447. The van der Waals surface area contributed by atoms with Crippen molar-refractivity contribution in [3.63, 3.8) is 0 Å². The first-order valence-electron chi connectivity index (χ1n) is 2.56. The van der Waals surface area contributed by atoms with Gasteiger partial charge in [-0.2, -0.15) is 3.71 Å². The van der Waals surface area contributed by atoms with Crippen molar-refractivity contribution in [1.82, 2.24) is 3.71 Å². The molecular weight excluding hydrogens is 202 g/mol. The Kier molecular flexibility index (Phi) is 9.48. The molecule has 1 amide bonds. The molecule has 0 saturated carbocycles. The summed E-state index contributed by atoms with van der Waals surface area (Å²) >= 11 is 6.99. The minimum absolute atomic E-state index is 0.591. The first-order valence-corrected chi connectivity index (χ1v) is 3.36. The Morgan fingerprint density at radius 3 is 1.92 bits per heavy atom. The van der Waals surface area contributed by atoms with E-state index in [4.69, 9.17) is 5.11 Å². The van der Waals surface area contributed by atoms with Gasteiger partial charge in [0.05, 0.1) is 7.11 Å². The Morgan fingerprint density at radius 2 is 1.92 bits per heavy atom. The molecular formula is C5H9NO4S2. The molecule has 7 heteroatoms. The summed E-state index contributed by atoms with van der Waals surface area (Å²) in [5, 5.41) is 7.60. The van der Waals surface area contributed by atoms with E-state index < -0.39 is 12.1 Å². The molecule has 12 heavy (non-hydrogen) atoms. The maximum Gasteiger partial charge on any atom is 0.429 e. The second-order valence-corrected chi connectivity index (χ2v) is 2.42. The van der Waals surface area contributed by atoms with Crippen LogP contribution in [0.4, 0.5) is 4.79 Å². The van der Waals surface area contributed by atoms with Crippen LogP contribution in [0.1, 0.15) is 0 Å². The normalized spacial score (nSPS) is 7.25. The fourth-order valence-electron chi connectivity index (χ4n) is 0.0816. The lowest BCUT2D eigenvalue weighted by molar-refractivity contribution is -0.131. The molecule has 0 unspecified atom stereocenters. The summed E-state index contributed by atoms with van der Waals surface area (Å²) in [6, 6.07) is 0. The van der Waals surface area contributed by atoms with Crippen LogP contribution in [0, 0.1) is 0 Å². The second kappa shape index (κ2) is 8.28. The number of rotatable bonds is 1. The van der Waals surface area contributed by atoms with E-state index in [2.05, 4.69) is 36.9 Å². The van der Waals surface area contributed by atoms with Crippen molar-refractivity contribution in [3.8, 4) is 0 Å². The van der Waals surface area contributed by atoms with E-state index in [0.29, 0.717) is 0 Å². The highest BCUT2D eigenvalue weighted by atomic mass is 32.2. The van der Waals surface area contributed by atoms with Gasteiger partial charge in [0.1, 0.15) is 0 Å². The molecule has 0 aromatic heterocycles. The van der Waals surface area contributed by atoms with Gasteiger partial charge in [0, 0.05) is 6.08 Å². The molecule has 0 aliphatic carbocycles. The van der Waals surface area contributed by atoms with Gasteiger partial charge < -0.3 is 9.84 Å². The van der Waals surface area contributed by atoms with Crippen molar-refractivity contribution in [2.45, 2.75) is 0 Å². The lowest BCUT2D eigenvalue weighted by Gasteiger charge is -2.02. The average molecular weight is 211 g/mol. The smallest absolute Gasteiger partial charge is 0.429 e. The van der Waals surface area contributed by atoms with Gasteiger partial charge in [-0.3, -0.25) is 0 Å². The molecule has 0 bridgehead atoms. The highest BCUT2D eigenvalue weighted by Crippen LogP contribution is 1.98. The van der Waals surface area contributed by atoms with Crippen LogP contribution >= 0.6 is 25.6 Å². The molecule has 0 atom stereocenters.